The predicted molar refractivity (Wildman–Crippen MR) is 125 cm³/mol. The summed E-state index contributed by atoms with van der Waals surface area (Å²) in [4.78, 5) is 20.1. The summed E-state index contributed by atoms with van der Waals surface area (Å²) >= 11 is 0. The highest BCUT2D eigenvalue weighted by Gasteiger charge is 2.29. The zero-order chi connectivity index (χ0) is 21.2. The standard InChI is InChI=1S/C26H32N4O/c1-19-8-2-3-9-21(19)18-30-24-13-7-6-12-23(24)28-26(30)29-16-14-20(15-17-29)25(31)27-22-10-4-5-11-22/h2-3,6-9,12-13,20,22H,4-5,10-11,14-18H2,1H3,(H,27,31). The maximum absolute atomic E-state index is 12.7. The maximum atomic E-state index is 12.7. The minimum Gasteiger partial charge on any atom is -0.353 e. The first-order valence-electron chi connectivity index (χ1n) is 11.7. The highest BCUT2D eigenvalue weighted by Crippen LogP contribution is 2.29. The third-order valence-electron chi connectivity index (χ3n) is 7.07. The van der Waals surface area contributed by atoms with Crippen LogP contribution < -0.4 is 10.2 Å². The number of carbonyl (C=O) groups is 1. The number of rotatable bonds is 5. The molecule has 0 spiro atoms. The Kier molecular flexibility index (Phi) is 5.66. The summed E-state index contributed by atoms with van der Waals surface area (Å²) in [5.41, 5.74) is 4.82. The number of carbonyl (C=O) groups excluding carboxylic acids is 1. The van der Waals surface area contributed by atoms with E-state index in [4.69, 9.17) is 4.98 Å². The second-order valence-corrected chi connectivity index (χ2v) is 9.16. The summed E-state index contributed by atoms with van der Waals surface area (Å²) in [6.45, 7) is 4.73. The van der Waals surface area contributed by atoms with Gasteiger partial charge in [-0.25, -0.2) is 4.98 Å². The molecule has 2 heterocycles. The summed E-state index contributed by atoms with van der Waals surface area (Å²) in [6.07, 6.45) is 6.58. The number of imidazole rings is 1. The molecule has 0 radical (unpaired) electrons. The van der Waals surface area contributed by atoms with Crippen LogP contribution in [0, 0.1) is 12.8 Å². The molecule has 0 bridgehead atoms. The lowest BCUT2D eigenvalue weighted by Crippen LogP contribution is -2.43. The minimum absolute atomic E-state index is 0.131. The van der Waals surface area contributed by atoms with Crippen LogP contribution in [0.25, 0.3) is 11.0 Å². The lowest BCUT2D eigenvalue weighted by molar-refractivity contribution is -0.126. The Morgan fingerprint density at radius 3 is 2.48 bits per heavy atom. The number of para-hydroxylation sites is 2. The molecule has 3 aromatic rings. The molecular weight excluding hydrogens is 384 g/mol. The number of hydrogen-bond acceptors (Lipinski definition) is 3. The first kappa shape index (κ1) is 20.1. The number of fused-ring (bicyclic) bond motifs is 1. The van der Waals surface area contributed by atoms with Crippen molar-refractivity contribution in [2.45, 2.75) is 58.0 Å². The molecule has 0 unspecified atom stereocenters. The molecule has 1 aliphatic heterocycles. The molecule has 1 saturated heterocycles. The molecule has 1 aliphatic carbocycles. The smallest absolute Gasteiger partial charge is 0.223 e. The topological polar surface area (TPSA) is 50.2 Å². The van der Waals surface area contributed by atoms with Crippen LogP contribution in [0.3, 0.4) is 0 Å². The summed E-state index contributed by atoms with van der Waals surface area (Å²) in [5, 5.41) is 3.30. The van der Waals surface area contributed by atoms with E-state index in [0.717, 1.165) is 56.8 Å². The van der Waals surface area contributed by atoms with Crippen LogP contribution in [0.2, 0.25) is 0 Å². The first-order chi connectivity index (χ1) is 15.2. The Bertz CT molecular complexity index is 1060. The van der Waals surface area contributed by atoms with E-state index in [-0.39, 0.29) is 11.8 Å². The number of aromatic nitrogens is 2. The van der Waals surface area contributed by atoms with Gasteiger partial charge in [-0.2, -0.15) is 0 Å². The normalized spacial score (nSPS) is 18.0. The van der Waals surface area contributed by atoms with Gasteiger partial charge in [-0.3, -0.25) is 4.79 Å². The van der Waals surface area contributed by atoms with Crippen molar-refractivity contribution in [1.29, 1.82) is 0 Å². The molecule has 5 heteroatoms. The van der Waals surface area contributed by atoms with E-state index in [1.165, 1.54) is 29.5 Å². The van der Waals surface area contributed by atoms with Crippen molar-refractivity contribution in [3.05, 3.63) is 59.7 Å². The fourth-order valence-electron chi connectivity index (χ4n) is 5.15. The van der Waals surface area contributed by atoms with Crippen LogP contribution in [0.1, 0.15) is 49.7 Å². The third-order valence-corrected chi connectivity index (χ3v) is 7.07. The van der Waals surface area contributed by atoms with Crippen molar-refractivity contribution in [2.24, 2.45) is 5.92 Å². The molecule has 2 fully saturated rings. The molecule has 162 valence electrons. The number of anilines is 1. The minimum atomic E-state index is 0.131. The lowest BCUT2D eigenvalue weighted by atomic mass is 9.95. The molecule has 5 rings (SSSR count). The zero-order valence-electron chi connectivity index (χ0n) is 18.4. The van der Waals surface area contributed by atoms with E-state index in [9.17, 15) is 4.79 Å². The van der Waals surface area contributed by atoms with Crippen molar-refractivity contribution in [2.75, 3.05) is 18.0 Å². The average molecular weight is 417 g/mol. The molecule has 1 saturated carbocycles. The van der Waals surface area contributed by atoms with Crippen LogP contribution in [0.4, 0.5) is 5.95 Å². The second-order valence-electron chi connectivity index (χ2n) is 9.16. The fourth-order valence-corrected chi connectivity index (χ4v) is 5.15. The highest BCUT2D eigenvalue weighted by molar-refractivity contribution is 5.80. The van der Waals surface area contributed by atoms with Gasteiger partial charge in [-0.05, 0) is 55.9 Å². The van der Waals surface area contributed by atoms with E-state index in [2.05, 4.69) is 70.2 Å². The lowest BCUT2D eigenvalue weighted by Gasteiger charge is -2.33. The largest absolute Gasteiger partial charge is 0.353 e. The number of hydrogen-bond donors (Lipinski definition) is 1. The Morgan fingerprint density at radius 1 is 1.00 bits per heavy atom. The van der Waals surface area contributed by atoms with Crippen LogP contribution in [-0.2, 0) is 11.3 Å². The molecule has 1 amide bonds. The van der Waals surface area contributed by atoms with Crippen LogP contribution in [-0.4, -0.2) is 34.6 Å². The van der Waals surface area contributed by atoms with E-state index in [1.807, 2.05) is 0 Å². The Labute approximate surface area is 184 Å². The van der Waals surface area contributed by atoms with E-state index < -0.39 is 0 Å². The molecule has 1 N–H and O–H groups in total. The molecule has 31 heavy (non-hydrogen) atoms. The summed E-state index contributed by atoms with van der Waals surface area (Å²) < 4.78 is 2.34. The molecule has 0 atom stereocenters. The molecular formula is C26H32N4O. The van der Waals surface area contributed by atoms with Crippen LogP contribution in [0.15, 0.2) is 48.5 Å². The Hall–Kier alpha value is -2.82. The molecule has 5 nitrogen and oxygen atoms in total. The van der Waals surface area contributed by atoms with Gasteiger partial charge in [0.1, 0.15) is 0 Å². The molecule has 2 aliphatic rings. The summed E-state index contributed by atoms with van der Waals surface area (Å²) in [5.74, 6) is 1.42. The van der Waals surface area contributed by atoms with Gasteiger partial charge in [0.15, 0.2) is 0 Å². The number of aryl methyl sites for hydroxylation is 1. The summed E-state index contributed by atoms with van der Waals surface area (Å²) in [6, 6.07) is 17.4. The van der Waals surface area contributed by atoms with E-state index in [1.54, 1.807) is 0 Å². The van der Waals surface area contributed by atoms with Gasteiger partial charge < -0.3 is 14.8 Å². The molecule has 2 aromatic carbocycles. The Balaban J connectivity index is 1.34. The van der Waals surface area contributed by atoms with Crippen molar-refractivity contribution >= 4 is 22.9 Å². The average Bonchev–Trinajstić information content (AvgIpc) is 3.43. The van der Waals surface area contributed by atoms with Crippen molar-refractivity contribution in [3.63, 3.8) is 0 Å². The van der Waals surface area contributed by atoms with Gasteiger partial charge in [0.05, 0.1) is 17.6 Å². The number of nitrogens with zero attached hydrogens (tertiary/aromatic N) is 3. The zero-order valence-corrected chi connectivity index (χ0v) is 18.4. The SMILES string of the molecule is Cc1ccccc1Cn1c(N2CCC(C(=O)NC3CCCC3)CC2)nc2ccccc21. The third kappa shape index (κ3) is 4.18. The van der Waals surface area contributed by atoms with Crippen molar-refractivity contribution in [1.82, 2.24) is 14.9 Å². The van der Waals surface area contributed by atoms with Crippen LogP contribution in [0.5, 0.6) is 0 Å². The van der Waals surface area contributed by atoms with E-state index >= 15 is 0 Å². The summed E-state index contributed by atoms with van der Waals surface area (Å²) in [7, 11) is 0. The predicted octanol–water partition coefficient (Wildman–Crippen LogP) is 4.67. The van der Waals surface area contributed by atoms with Crippen molar-refractivity contribution < 1.29 is 4.79 Å². The number of piperidine rings is 1. The van der Waals surface area contributed by atoms with Crippen LogP contribution >= 0.6 is 0 Å². The van der Waals surface area contributed by atoms with Gasteiger partial charge in [0.25, 0.3) is 0 Å². The van der Waals surface area contributed by atoms with E-state index in [0.29, 0.717) is 6.04 Å². The fraction of sp³-hybridized carbons (Fsp3) is 0.462. The highest BCUT2D eigenvalue weighted by atomic mass is 16.1. The van der Waals surface area contributed by atoms with Crippen molar-refractivity contribution in [3.8, 4) is 0 Å². The van der Waals surface area contributed by atoms with Gasteiger partial charge in [0, 0.05) is 25.0 Å². The van der Waals surface area contributed by atoms with Gasteiger partial charge >= 0.3 is 0 Å². The van der Waals surface area contributed by atoms with Gasteiger partial charge in [-0.1, -0.05) is 49.2 Å². The number of amides is 1. The first-order valence-corrected chi connectivity index (χ1v) is 11.7. The van der Waals surface area contributed by atoms with Gasteiger partial charge in [0.2, 0.25) is 11.9 Å². The monoisotopic (exact) mass is 416 g/mol. The second kappa shape index (κ2) is 8.74. The molecule has 1 aromatic heterocycles. The van der Waals surface area contributed by atoms with Gasteiger partial charge in [-0.15, -0.1) is 0 Å². The number of nitrogens with one attached hydrogen (secondary N) is 1. The quantitative estimate of drug-likeness (QED) is 0.658. The maximum Gasteiger partial charge on any atom is 0.223 e. The number of benzene rings is 2. The Morgan fingerprint density at radius 2 is 1.71 bits per heavy atom.